The number of hydrogen-bond acceptors (Lipinski definition) is 2. The van der Waals surface area contributed by atoms with E-state index in [9.17, 15) is 4.79 Å². The minimum atomic E-state index is 0.283. The van der Waals surface area contributed by atoms with E-state index in [4.69, 9.17) is 4.74 Å². The third-order valence-corrected chi connectivity index (χ3v) is 2.70. The van der Waals surface area contributed by atoms with Crippen molar-refractivity contribution < 1.29 is 9.53 Å². The lowest BCUT2D eigenvalue weighted by Crippen LogP contribution is -1.98. The minimum absolute atomic E-state index is 0.283. The maximum atomic E-state index is 10.4. The summed E-state index contributed by atoms with van der Waals surface area (Å²) >= 11 is 0. The molecular formula is C13H16O2. The molecule has 1 aromatic rings. The number of rotatable bonds is 5. The van der Waals surface area contributed by atoms with Gasteiger partial charge in [0, 0.05) is 6.42 Å². The quantitative estimate of drug-likeness (QED) is 0.689. The van der Waals surface area contributed by atoms with Crippen LogP contribution in [0.25, 0.3) is 0 Å². The van der Waals surface area contributed by atoms with Crippen molar-refractivity contribution in [2.24, 2.45) is 0 Å². The number of ether oxygens (including phenoxy) is 1. The minimum Gasteiger partial charge on any atom is -0.490 e. The molecule has 80 valence electrons. The van der Waals surface area contributed by atoms with Gasteiger partial charge in [0.15, 0.2) is 0 Å². The van der Waals surface area contributed by atoms with Crippen LogP contribution in [0.2, 0.25) is 0 Å². The van der Waals surface area contributed by atoms with Crippen LogP contribution < -0.4 is 4.74 Å². The van der Waals surface area contributed by atoms with Crippen LogP contribution in [-0.2, 0) is 4.79 Å². The van der Waals surface area contributed by atoms with Gasteiger partial charge in [0.1, 0.15) is 12.0 Å². The van der Waals surface area contributed by atoms with E-state index in [1.54, 1.807) is 0 Å². The second-order valence-electron chi connectivity index (χ2n) is 4.19. The number of aldehydes is 1. The van der Waals surface area contributed by atoms with Crippen molar-refractivity contribution in [1.82, 2.24) is 0 Å². The molecule has 1 fully saturated rings. The lowest BCUT2D eigenvalue weighted by Gasteiger charge is -2.10. The highest BCUT2D eigenvalue weighted by Crippen LogP contribution is 2.29. The Balaban J connectivity index is 2.06. The summed E-state index contributed by atoms with van der Waals surface area (Å²) in [7, 11) is 0. The molecular weight excluding hydrogens is 188 g/mol. The highest BCUT2D eigenvalue weighted by atomic mass is 16.5. The Kier molecular flexibility index (Phi) is 3.05. The van der Waals surface area contributed by atoms with E-state index in [0.29, 0.717) is 12.5 Å². The second kappa shape index (κ2) is 4.47. The predicted molar refractivity (Wildman–Crippen MR) is 59.2 cm³/mol. The Morgan fingerprint density at radius 3 is 3.00 bits per heavy atom. The van der Waals surface area contributed by atoms with Crippen LogP contribution in [0.3, 0.4) is 0 Å². The first-order valence-corrected chi connectivity index (χ1v) is 5.50. The second-order valence-corrected chi connectivity index (χ2v) is 4.19. The number of hydrogen-bond donors (Lipinski definition) is 0. The lowest BCUT2D eigenvalue weighted by atomic mass is 9.98. The van der Waals surface area contributed by atoms with Gasteiger partial charge in [-0.05, 0) is 36.5 Å². The molecule has 2 nitrogen and oxygen atoms in total. The van der Waals surface area contributed by atoms with E-state index in [-0.39, 0.29) is 5.92 Å². The van der Waals surface area contributed by atoms with Crippen LogP contribution in [0.4, 0.5) is 0 Å². The molecule has 1 aliphatic carbocycles. The van der Waals surface area contributed by atoms with Crippen molar-refractivity contribution in [3.8, 4) is 5.75 Å². The van der Waals surface area contributed by atoms with Gasteiger partial charge in [-0.1, -0.05) is 19.1 Å². The first-order valence-electron chi connectivity index (χ1n) is 5.50. The smallest absolute Gasteiger partial charge is 0.120 e. The first-order chi connectivity index (χ1) is 7.29. The molecule has 15 heavy (non-hydrogen) atoms. The zero-order valence-electron chi connectivity index (χ0n) is 8.98. The summed E-state index contributed by atoms with van der Waals surface area (Å²) < 4.78 is 5.71. The first kappa shape index (κ1) is 10.2. The maximum absolute atomic E-state index is 10.4. The van der Waals surface area contributed by atoms with E-state index >= 15 is 0 Å². The molecule has 1 aromatic carbocycles. The average Bonchev–Trinajstić information content (AvgIpc) is 3.03. The molecule has 1 saturated carbocycles. The maximum Gasteiger partial charge on any atom is 0.120 e. The Bertz CT molecular complexity index is 342. The van der Waals surface area contributed by atoms with Crippen LogP contribution in [0.1, 0.15) is 37.7 Å². The standard InChI is InChI=1S/C13H16O2/c1-10(7-8-14)11-3-2-4-13(9-11)15-12-5-6-12/h2-4,8-10,12H,5-7H2,1H3. The topological polar surface area (TPSA) is 26.3 Å². The fourth-order valence-electron chi connectivity index (χ4n) is 1.55. The Labute approximate surface area is 90.3 Å². The van der Waals surface area contributed by atoms with E-state index in [2.05, 4.69) is 6.92 Å². The highest BCUT2D eigenvalue weighted by molar-refractivity contribution is 5.51. The molecule has 2 rings (SSSR count). The van der Waals surface area contributed by atoms with Gasteiger partial charge in [-0.15, -0.1) is 0 Å². The largest absolute Gasteiger partial charge is 0.490 e. The van der Waals surface area contributed by atoms with Crippen molar-refractivity contribution in [2.45, 2.75) is 38.2 Å². The van der Waals surface area contributed by atoms with E-state index in [1.165, 1.54) is 18.4 Å². The Morgan fingerprint density at radius 2 is 2.33 bits per heavy atom. The van der Waals surface area contributed by atoms with Gasteiger partial charge in [0.25, 0.3) is 0 Å². The average molecular weight is 204 g/mol. The SMILES string of the molecule is CC(CC=O)c1cccc(OC2CC2)c1. The Hall–Kier alpha value is -1.31. The van der Waals surface area contributed by atoms with Crippen molar-refractivity contribution in [2.75, 3.05) is 0 Å². The Morgan fingerprint density at radius 1 is 1.53 bits per heavy atom. The number of carbonyl (C=O) groups excluding carboxylic acids is 1. The molecule has 0 radical (unpaired) electrons. The predicted octanol–water partition coefficient (Wildman–Crippen LogP) is 2.92. The molecule has 1 atom stereocenters. The fourth-order valence-corrected chi connectivity index (χ4v) is 1.55. The summed E-state index contributed by atoms with van der Waals surface area (Å²) in [6.45, 7) is 2.06. The monoisotopic (exact) mass is 204 g/mol. The molecule has 0 N–H and O–H groups in total. The van der Waals surface area contributed by atoms with Gasteiger partial charge >= 0.3 is 0 Å². The van der Waals surface area contributed by atoms with Gasteiger partial charge in [-0.25, -0.2) is 0 Å². The van der Waals surface area contributed by atoms with Crippen LogP contribution in [0.15, 0.2) is 24.3 Å². The molecule has 0 saturated heterocycles. The zero-order valence-corrected chi connectivity index (χ0v) is 8.98. The number of carbonyl (C=O) groups is 1. The molecule has 1 aliphatic rings. The molecule has 0 aromatic heterocycles. The summed E-state index contributed by atoms with van der Waals surface area (Å²) in [4.78, 5) is 10.4. The normalized spacial score (nSPS) is 17.1. The number of benzene rings is 1. The zero-order chi connectivity index (χ0) is 10.7. The van der Waals surface area contributed by atoms with Gasteiger partial charge in [-0.2, -0.15) is 0 Å². The third kappa shape index (κ3) is 2.82. The van der Waals surface area contributed by atoms with Crippen LogP contribution in [0, 0.1) is 0 Å². The molecule has 0 amide bonds. The lowest BCUT2D eigenvalue weighted by molar-refractivity contribution is -0.108. The summed E-state index contributed by atoms with van der Waals surface area (Å²) in [6, 6.07) is 8.07. The summed E-state index contributed by atoms with van der Waals surface area (Å²) in [5.74, 6) is 1.22. The summed E-state index contributed by atoms with van der Waals surface area (Å²) in [5.41, 5.74) is 1.18. The van der Waals surface area contributed by atoms with Gasteiger partial charge in [0.05, 0.1) is 6.10 Å². The van der Waals surface area contributed by atoms with E-state index < -0.39 is 0 Å². The summed E-state index contributed by atoms with van der Waals surface area (Å²) in [6.07, 6.45) is 4.33. The summed E-state index contributed by atoms with van der Waals surface area (Å²) in [5, 5.41) is 0. The van der Waals surface area contributed by atoms with Gasteiger partial charge in [-0.3, -0.25) is 0 Å². The van der Waals surface area contributed by atoms with E-state index in [1.807, 2.05) is 24.3 Å². The van der Waals surface area contributed by atoms with Crippen molar-refractivity contribution in [3.05, 3.63) is 29.8 Å². The van der Waals surface area contributed by atoms with Crippen LogP contribution >= 0.6 is 0 Å². The molecule has 0 spiro atoms. The van der Waals surface area contributed by atoms with Gasteiger partial charge < -0.3 is 9.53 Å². The molecule has 0 aliphatic heterocycles. The van der Waals surface area contributed by atoms with Crippen LogP contribution in [-0.4, -0.2) is 12.4 Å². The van der Waals surface area contributed by atoms with Crippen molar-refractivity contribution in [3.63, 3.8) is 0 Å². The molecule has 2 heteroatoms. The van der Waals surface area contributed by atoms with Crippen molar-refractivity contribution >= 4 is 6.29 Å². The molecule has 1 unspecified atom stereocenters. The van der Waals surface area contributed by atoms with Crippen molar-refractivity contribution in [1.29, 1.82) is 0 Å². The molecule has 0 heterocycles. The third-order valence-electron chi connectivity index (χ3n) is 2.70. The fraction of sp³-hybridized carbons (Fsp3) is 0.462. The molecule has 0 bridgehead atoms. The van der Waals surface area contributed by atoms with Gasteiger partial charge in [0.2, 0.25) is 0 Å². The highest BCUT2D eigenvalue weighted by Gasteiger charge is 2.23. The van der Waals surface area contributed by atoms with E-state index in [0.717, 1.165) is 12.0 Å². The van der Waals surface area contributed by atoms with Crippen LogP contribution in [0.5, 0.6) is 5.75 Å².